The molecular formula is C18H29N5O2. The average Bonchev–Trinajstić information content (AvgIpc) is 3.11. The van der Waals surface area contributed by atoms with Gasteiger partial charge in [0.15, 0.2) is 0 Å². The number of hydrogen-bond acceptors (Lipinski definition) is 6. The van der Waals surface area contributed by atoms with Gasteiger partial charge >= 0.3 is 0 Å². The number of aliphatic hydroxyl groups excluding tert-OH is 1. The highest BCUT2D eigenvalue weighted by molar-refractivity contribution is 5.78. The van der Waals surface area contributed by atoms with E-state index in [0.717, 1.165) is 57.0 Å². The van der Waals surface area contributed by atoms with Gasteiger partial charge in [-0.2, -0.15) is 0 Å². The summed E-state index contributed by atoms with van der Waals surface area (Å²) < 4.78 is 0. The number of carbonyl (C=O) groups excluding carboxylic acids is 1. The highest BCUT2D eigenvalue weighted by Gasteiger charge is 2.27. The summed E-state index contributed by atoms with van der Waals surface area (Å²) in [5, 5.41) is 12.7. The molecule has 7 heteroatoms. The van der Waals surface area contributed by atoms with E-state index in [1.807, 2.05) is 19.9 Å². The van der Waals surface area contributed by atoms with Crippen molar-refractivity contribution in [2.45, 2.75) is 51.6 Å². The highest BCUT2D eigenvalue weighted by Crippen LogP contribution is 2.26. The molecule has 2 aliphatic heterocycles. The van der Waals surface area contributed by atoms with Gasteiger partial charge in [0.05, 0.1) is 12.6 Å². The van der Waals surface area contributed by atoms with Crippen molar-refractivity contribution in [2.24, 2.45) is 5.92 Å². The molecule has 0 aliphatic carbocycles. The number of piperidine rings is 1. The van der Waals surface area contributed by atoms with E-state index in [-0.39, 0.29) is 30.5 Å². The minimum Gasteiger partial charge on any atom is -0.394 e. The number of aromatic nitrogens is 2. The summed E-state index contributed by atoms with van der Waals surface area (Å²) >= 11 is 0. The van der Waals surface area contributed by atoms with Crippen LogP contribution in [0.25, 0.3) is 0 Å². The van der Waals surface area contributed by atoms with Gasteiger partial charge in [0.2, 0.25) is 5.91 Å². The maximum absolute atomic E-state index is 12.0. The second kappa shape index (κ2) is 7.99. The third-order valence-electron chi connectivity index (χ3n) is 5.14. The molecule has 2 N–H and O–H groups in total. The Bertz CT molecular complexity index is 595. The third-order valence-corrected chi connectivity index (χ3v) is 5.14. The molecule has 2 fully saturated rings. The van der Waals surface area contributed by atoms with Gasteiger partial charge in [0.1, 0.15) is 18.0 Å². The maximum atomic E-state index is 12.0. The molecule has 3 heterocycles. The standard InChI is InChI=1S/C18H29N5O2/c1-13(2)18(25)21-14-5-3-7-22(10-14)16-9-17(20-12-19-16)23-8-4-6-15(23)11-24/h9,12-15,24H,3-8,10-11H2,1-2H3,(H,21,25). The smallest absolute Gasteiger partial charge is 0.222 e. The Morgan fingerprint density at radius 1 is 1.28 bits per heavy atom. The minimum absolute atomic E-state index is 0.00612. The summed E-state index contributed by atoms with van der Waals surface area (Å²) in [4.78, 5) is 25.2. The molecule has 2 unspecified atom stereocenters. The van der Waals surface area contributed by atoms with Crippen molar-refractivity contribution >= 4 is 17.5 Å². The Balaban J connectivity index is 1.69. The van der Waals surface area contributed by atoms with Crippen LogP contribution in [0, 0.1) is 5.92 Å². The van der Waals surface area contributed by atoms with Gasteiger partial charge in [-0.1, -0.05) is 13.8 Å². The third kappa shape index (κ3) is 4.21. The number of nitrogens with one attached hydrogen (secondary N) is 1. The predicted octanol–water partition coefficient (Wildman–Crippen LogP) is 1.18. The van der Waals surface area contributed by atoms with E-state index < -0.39 is 0 Å². The highest BCUT2D eigenvalue weighted by atomic mass is 16.3. The second-order valence-electron chi connectivity index (χ2n) is 7.35. The van der Waals surface area contributed by atoms with Crippen LogP contribution in [-0.2, 0) is 4.79 Å². The molecule has 1 aromatic rings. The second-order valence-corrected chi connectivity index (χ2v) is 7.35. The summed E-state index contributed by atoms with van der Waals surface area (Å²) in [5.74, 6) is 1.90. The SMILES string of the molecule is CC(C)C(=O)NC1CCCN(c2cc(N3CCCC3CO)ncn2)C1. The van der Waals surface area contributed by atoms with Crippen LogP contribution in [0.1, 0.15) is 39.5 Å². The van der Waals surface area contributed by atoms with Crippen molar-refractivity contribution in [3.8, 4) is 0 Å². The molecule has 2 atom stereocenters. The van der Waals surface area contributed by atoms with Crippen LogP contribution < -0.4 is 15.1 Å². The van der Waals surface area contributed by atoms with Gasteiger partial charge in [-0.05, 0) is 25.7 Å². The molecular weight excluding hydrogens is 318 g/mol. The van der Waals surface area contributed by atoms with E-state index in [4.69, 9.17) is 0 Å². The zero-order chi connectivity index (χ0) is 17.8. The van der Waals surface area contributed by atoms with Gasteiger partial charge in [-0.25, -0.2) is 9.97 Å². The van der Waals surface area contributed by atoms with E-state index in [2.05, 4.69) is 25.1 Å². The molecule has 1 aromatic heterocycles. The van der Waals surface area contributed by atoms with Gasteiger partial charge in [-0.15, -0.1) is 0 Å². The molecule has 0 radical (unpaired) electrons. The van der Waals surface area contributed by atoms with Crippen LogP contribution in [0.5, 0.6) is 0 Å². The lowest BCUT2D eigenvalue weighted by atomic mass is 10.0. The van der Waals surface area contributed by atoms with E-state index in [0.29, 0.717) is 0 Å². The van der Waals surface area contributed by atoms with Crippen LogP contribution >= 0.6 is 0 Å². The van der Waals surface area contributed by atoms with Crippen molar-refractivity contribution in [3.05, 3.63) is 12.4 Å². The lowest BCUT2D eigenvalue weighted by molar-refractivity contribution is -0.124. The topological polar surface area (TPSA) is 81.6 Å². The summed E-state index contributed by atoms with van der Waals surface area (Å²) in [6.07, 6.45) is 5.73. The van der Waals surface area contributed by atoms with Gasteiger partial charge in [0, 0.05) is 37.7 Å². The molecule has 2 saturated heterocycles. The first-order valence-corrected chi connectivity index (χ1v) is 9.33. The Hall–Kier alpha value is -1.89. The van der Waals surface area contributed by atoms with Crippen molar-refractivity contribution in [1.29, 1.82) is 0 Å². The van der Waals surface area contributed by atoms with Gasteiger partial charge in [-0.3, -0.25) is 4.79 Å². The van der Waals surface area contributed by atoms with Crippen molar-refractivity contribution in [3.63, 3.8) is 0 Å². The van der Waals surface area contributed by atoms with Crippen LogP contribution in [-0.4, -0.2) is 59.3 Å². The first kappa shape index (κ1) is 17.9. The lowest BCUT2D eigenvalue weighted by Gasteiger charge is -2.34. The molecule has 2 aliphatic rings. The fourth-order valence-corrected chi connectivity index (χ4v) is 3.67. The first-order valence-electron chi connectivity index (χ1n) is 9.33. The molecule has 0 saturated carbocycles. The molecule has 138 valence electrons. The zero-order valence-corrected chi connectivity index (χ0v) is 15.2. The minimum atomic E-state index is 0.00612. The maximum Gasteiger partial charge on any atom is 0.222 e. The van der Waals surface area contributed by atoms with Crippen molar-refractivity contribution < 1.29 is 9.90 Å². The van der Waals surface area contributed by atoms with Crippen LogP contribution in [0.15, 0.2) is 12.4 Å². The van der Waals surface area contributed by atoms with Gasteiger partial charge < -0.3 is 20.2 Å². The van der Waals surface area contributed by atoms with E-state index in [1.54, 1.807) is 6.33 Å². The number of carbonyl (C=O) groups is 1. The zero-order valence-electron chi connectivity index (χ0n) is 15.2. The number of aliphatic hydroxyl groups is 1. The summed E-state index contributed by atoms with van der Waals surface area (Å²) in [6, 6.07) is 2.34. The van der Waals surface area contributed by atoms with Crippen molar-refractivity contribution in [1.82, 2.24) is 15.3 Å². The van der Waals surface area contributed by atoms with Crippen LogP contribution in [0.3, 0.4) is 0 Å². The Morgan fingerprint density at radius 3 is 2.80 bits per heavy atom. The number of hydrogen-bond donors (Lipinski definition) is 2. The predicted molar refractivity (Wildman–Crippen MR) is 97.7 cm³/mol. The Kier molecular flexibility index (Phi) is 5.73. The molecule has 3 rings (SSSR count). The van der Waals surface area contributed by atoms with Gasteiger partial charge in [0.25, 0.3) is 0 Å². The molecule has 25 heavy (non-hydrogen) atoms. The van der Waals surface area contributed by atoms with E-state index in [1.165, 1.54) is 0 Å². The van der Waals surface area contributed by atoms with E-state index >= 15 is 0 Å². The summed E-state index contributed by atoms with van der Waals surface area (Å²) in [6.45, 7) is 6.63. The molecule has 0 spiro atoms. The molecule has 0 bridgehead atoms. The van der Waals surface area contributed by atoms with Crippen LogP contribution in [0.4, 0.5) is 11.6 Å². The molecule has 0 aromatic carbocycles. The fraction of sp³-hybridized carbons (Fsp3) is 0.722. The normalized spacial score (nSPS) is 24.0. The Labute approximate surface area is 149 Å². The fourth-order valence-electron chi connectivity index (χ4n) is 3.67. The number of anilines is 2. The average molecular weight is 347 g/mol. The molecule has 1 amide bonds. The number of amides is 1. The lowest BCUT2D eigenvalue weighted by Crippen LogP contribution is -2.49. The summed E-state index contributed by atoms with van der Waals surface area (Å²) in [7, 11) is 0. The van der Waals surface area contributed by atoms with E-state index in [9.17, 15) is 9.90 Å². The number of rotatable bonds is 5. The summed E-state index contributed by atoms with van der Waals surface area (Å²) in [5.41, 5.74) is 0. The first-order chi connectivity index (χ1) is 12.1. The van der Waals surface area contributed by atoms with Crippen molar-refractivity contribution in [2.75, 3.05) is 36.0 Å². The number of nitrogens with zero attached hydrogens (tertiary/aromatic N) is 4. The Morgan fingerprint density at radius 2 is 2.04 bits per heavy atom. The quantitative estimate of drug-likeness (QED) is 0.832. The van der Waals surface area contributed by atoms with Crippen LogP contribution in [0.2, 0.25) is 0 Å². The monoisotopic (exact) mass is 347 g/mol. The molecule has 7 nitrogen and oxygen atoms in total. The largest absolute Gasteiger partial charge is 0.394 e.